The predicted molar refractivity (Wildman–Crippen MR) is 249 cm³/mol. The van der Waals surface area contributed by atoms with Gasteiger partial charge in [-0.15, -0.1) is 0 Å². The van der Waals surface area contributed by atoms with Crippen LogP contribution in [-0.2, 0) is 5.41 Å². The fourth-order valence-corrected chi connectivity index (χ4v) is 9.91. The molecule has 0 saturated carbocycles. The summed E-state index contributed by atoms with van der Waals surface area (Å²) < 4.78 is 0. The van der Waals surface area contributed by atoms with Gasteiger partial charge in [-0.25, -0.2) is 15.0 Å². The third-order valence-corrected chi connectivity index (χ3v) is 12.5. The van der Waals surface area contributed by atoms with Gasteiger partial charge < -0.3 is 0 Å². The fourth-order valence-electron chi connectivity index (χ4n) is 9.91. The Kier molecular flexibility index (Phi) is 8.07. The van der Waals surface area contributed by atoms with E-state index < -0.39 is 0 Å². The van der Waals surface area contributed by atoms with E-state index in [9.17, 15) is 0 Å². The highest BCUT2D eigenvalue weighted by atomic mass is 15.0. The molecule has 1 spiro atoms. The molecule has 1 aromatic heterocycles. The van der Waals surface area contributed by atoms with Crippen LogP contribution in [-0.4, -0.2) is 15.0 Å². The van der Waals surface area contributed by atoms with Crippen molar-refractivity contribution in [2.45, 2.75) is 5.41 Å². The Hall–Kier alpha value is -8.01. The van der Waals surface area contributed by atoms with Gasteiger partial charge in [-0.2, -0.15) is 0 Å². The molecule has 0 bridgehead atoms. The Bertz CT molecular complexity index is 3270. The highest BCUT2D eigenvalue weighted by Gasteiger charge is 2.51. The van der Waals surface area contributed by atoms with Crippen LogP contribution in [0.3, 0.4) is 0 Å². The Morgan fingerprint density at radius 1 is 0.230 bits per heavy atom. The first-order valence-electron chi connectivity index (χ1n) is 20.9. The second-order valence-electron chi connectivity index (χ2n) is 15.9. The van der Waals surface area contributed by atoms with Crippen molar-refractivity contribution in [1.29, 1.82) is 0 Å². The summed E-state index contributed by atoms with van der Waals surface area (Å²) in [7, 11) is 0. The van der Waals surface area contributed by atoms with Crippen LogP contribution in [0.2, 0.25) is 0 Å². The van der Waals surface area contributed by atoms with Crippen molar-refractivity contribution in [1.82, 2.24) is 15.0 Å². The standard InChI is InChI=1S/C58H37N3/c1-3-17-38(18-4-1)40-21-14-25-44(36-40)56-59-55(39-19-5-2-6-20-39)60-57(61-56)45-26-15-23-42(37-45)41-22-13-24-43(35-41)46-30-16-34-53-54(46)49-29-9-12-33-52(49)58(53)50-31-10-7-27-47(50)48-28-8-11-32-51(48)58/h1-37H. The second-order valence-corrected chi connectivity index (χ2v) is 15.9. The van der Waals surface area contributed by atoms with Crippen LogP contribution < -0.4 is 0 Å². The SMILES string of the molecule is c1ccc(-c2cccc(-c3nc(-c4ccccc4)nc(-c4cccc(-c5cccc(-c6cccc7c6-c6ccccc6C76c7ccccc7-c7ccccc76)c5)c4)n3)c2)cc1. The highest BCUT2D eigenvalue weighted by molar-refractivity contribution is 6.00. The predicted octanol–water partition coefficient (Wildman–Crippen LogP) is 14.2. The van der Waals surface area contributed by atoms with E-state index in [0.717, 1.165) is 38.9 Å². The zero-order valence-corrected chi connectivity index (χ0v) is 33.2. The molecule has 61 heavy (non-hydrogen) atoms. The summed E-state index contributed by atoms with van der Waals surface area (Å²) in [5.74, 6) is 1.91. The summed E-state index contributed by atoms with van der Waals surface area (Å²) in [4.78, 5) is 15.3. The van der Waals surface area contributed by atoms with Crippen LogP contribution in [0.15, 0.2) is 224 Å². The average molecular weight is 776 g/mol. The number of hydrogen-bond acceptors (Lipinski definition) is 3. The normalized spacial score (nSPS) is 12.7. The fraction of sp³-hybridized carbons (Fsp3) is 0.0172. The first-order valence-corrected chi connectivity index (χ1v) is 20.9. The molecule has 0 unspecified atom stereocenters. The van der Waals surface area contributed by atoms with E-state index >= 15 is 0 Å². The third-order valence-electron chi connectivity index (χ3n) is 12.5. The molecule has 12 rings (SSSR count). The molecule has 2 aliphatic rings. The molecule has 1 heterocycles. The quantitative estimate of drug-likeness (QED) is 0.169. The number of fused-ring (bicyclic) bond motifs is 10. The Morgan fingerprint density at radius 3 is 1.15 bits per heavy atom. The van der Waals surface area contributed by atoms with Crippen LogP contribution in [0, 0.1) is 0 Å². The molecule has 0 saturated heterocycles. The van der Waals surface area contributed by atoms with Gasteiger partial charge in [0.05, 0.1) is 5.41 Å². The molecule has 0 fully saturated rings. The monoisotopic (exact) mass is 775 g/mol. The lowest BCUT2D eigenvalue weighted by Gasteiger charge is -2.30. The zero-order valence-electron chi connectivity index (χ0n) is 33.2. The van der Waals surface area contributed by atoms with Gasteiger partial charge in [0.25, 0.3) is 0 Å². The lowest BCUT2D eigenvalue weighted by molar-refractivity contribution is 0.794. The molecule has 0 amide bonds. The molecule has 0 radical (unpaired) electrons. The third kappa shape index (κ3) is 5.55. The van der Waals surface area contributed by atoms with Gasteiger partial charge in [0.2, 0.25) is 0 Å². The van der Waals surface area contributed by atoms with Crippen LogP contribution in [0.5, 0.6) is 0 Å². The average Bonchev–Trinajstić information content (AvgIpc) is 3.82. The summed E-state index contributed by atoms with van der Waals surface area (Å²) in [6, 6.07) is 80.5. The molecule has 3 heteroatoms. The Balaban J connectivity index is 0.974. The zero-order chi connectivity index (χ0) is 40.3. The van der Waals surface area contributed by atoms with Crippen molar-refractivity contribution >= 4 is 0 Å². The van der Waals surface area contributed by atoms with Crippen LogP contribution >= 0.6 is 0 Å². The van der Waals surface area contributed by atoms with Crippen LogP contribution in [0.4, 0.5) is 0 Å². The summed E-state index contributed by atoms with van der Waals surface area (Å²) in [5, 5.41) is 0. The van der Waals surface area contributed by atoms with Gasteiger partial charge >= 0.3 is 0 Å². The first kappa shape index (κ1) is 35.0. The molecule has 0 atom stereocenters. The first-order chi connectivity index (χ1) is 30.2. The number of rotatable bonds is 6. The Labute approximate surface area is 355 Å². The second kappa shape index (κ2) is 14.1. The molecule has 0 N–H and O–H groups in total. The smallest absolute Gasteiger partial charge is 0.164 e. The van der Waals surface area contributed by atoms with Crippen molar-refractivity contribution in [3.05, 3.63) is 247 Å². The van der Waals surface area contributed by atoms with E-state index in [-0.39, 0.29) is 5.41 Å². The van der Waals surface area contributed by atoms with Crippen LogP contribution in [0.1, 0.15) is 22.3 Å². The van der Waals surface area contributed by atoms with E-state index in [2.05, 4.69) is 200 Å². The van der Waals surface area contributed by atoms with Gasteiger partial charge in [0.1, 0.15) is 0 Å². The molecule has 0 aliphatic heterocycles. The van der Waals surface area contributed by atoms with Gasteiger partial charge in [-0.1, -0.05) is 206 Å². The minimum Gasteiger partial charge on any atom is -0.208 e. The summed E-state index contributed by atoms with van der Waals surface area (Å²) in [6.45, 7) is 0. The molecule has 3 nitrogen and oxygen atoms in total. The molecule has 284 valence electrons. The van der Waals surface area contributed by atoms with E-state index in [0.29, 0.717) is 17.5 Å². The molecular formula is C58H37N3. The summed E-state index contributed by atoms with van der Waals surface area (Å²) in [6.07, 6.45) is 0. The number of benzene rings is 9. The van der Waals surface area contributed by atoms with Gasteiger partial charge in [0, 0.05) is 16.7 Å². The number of hydrogen-bond donors (Lipinski definition) is 0. The molecular weight excluding hydrogens is 739 g/mol. The van der Waals surface area contributed by atoms with E-state index in [1.54, 1.807) is 0 Å². The lowest BCUT2D eigenvalue weighted by atomic mass is 9.70. The maximum absolute atomic E-state index is 5.14. The topological polar surface area (TPSA) is 38.7 Å². The molecule has 9 aromatic carbocycles. The maximum atomic E-state index is 5.14. The van der Waals surface area contributed by atoms with Crippen molar-refractivity contribution in [3.8, 4) is 89.8 Å². The number of nitrogens with zero attached hydrogens (tertiary/aromatic N) is 3. The van der Waals surface area contributed by atoms with E-state index in [4.69, 9.17) is 15.0 Å². The summed E-state index contributed by atoms with van der Waals surface area (Å²) in [5.41, 5.74) is 19.9. The highest BCUT2D eigenvalue weighted by Crippen LogP contribution is 2.64. The molecule has 10 aromatic rings. The number of aromatic nitrogens is 3. The molecule has 2 aliphatic carbocycles. The van der Waals surface area contributed by atoms with Gasteiger partial charge in [-0.3, -0.25) is 0 Å². The van der Waals surface area contributed by atoms with Gasteiger partial charge in [-0.05, 0) is 96.1 Å². The minimum absolute atomic E-state index is 0.383. The van der Waals surface area contributed by atoms with Gasteiger partial charge in [0.15, 0.2) is 17.5 Å². The lowest BCUT2D eigenvalue weighted by Crippen LogP contribution is -2.25. The van der Waals surface area contributed by atoms with Crippen molar-refractivity contribution in [3.63, 3.8) is 0 Å². The van der Waals surface area contributed by atoms with E-state index in [1.165, 1.54) is 55.6 Å². The minimum atomic E-state index is -0.383. The van der Waals surface area contributed by atoms with Crippen molar-refractivity contribution < 1.29 is 0 Å². The maximum Gasteiger partial charge on any atom is 0.164 e. The largest absolute Gasteiger partial charge is 0.208 e. The Morgan fingerprint density at radius 2 is 0.574 bits per heavy atom. The van der Waals surface area contributed by atoms with Crippen LogP contribution in [0.25, 0.3) is 89.8 Å². The summed E-state index contributed by atoms with van der Waals surface area (Å²) >= 11 is 0. The van der Waals surface area contributed by atoms with Crippen molar-refractivity contribution in [2.24, 2.45) is 0 Å². The van der Waals surface area contributed by atoms with E-state index in [1.807, 2.05) is 24.3 Å². The van der Waals surface area contributed by atoms with Crippen molar-refractivity contribution in [2.75, 3.05) is 0 Å².